The number of allylic oxidation sites excluding steroid dienone is 4. The minimum Gasteiger partial charge on any atom is -0.330 e. The summed E-state index contributed by atoms with van der Waals surface area (Å²) in [4.78, 5) is 11.9. The molecule has 0 aliphatic carbocycles. The lowest BCUT2D eigenvalue weighted by Crippen LogP contribution is -2.32. The first-order valence-corrected chi connectivity index (χ1v) is 9.95. The summed E-state index contributed by atoms with van der Waals surface area (Å²) < 4.78 is 14.8. The summed E-state index contributed by atoms with van der Waals surface area (Å²) in [6, 6.07) is -0.0215. The second-order valence-electron chi connectivity index (χ2n) is 6.54. The van der Waals surface area contributed by atoms with E-state index in [0.29, 0.717) is 6.54 Å². The number of hydrogen-bond acceptors (Lipinski definition) is 3. The molecule has 0 aromatic rings. The van der Waals surface area contributed by atoms with Crippen LogP contribution in [0.2, 0.25) is 0 Å². The molecule has 0 aromatic heterocycles. The Balaban J connectivity index is 5.30. The first-order chi connectivity index (χ1) is 13.3. The molecule has 0 amide bonds. The Morgan fingerprint density at radius 2 is 1.96 bits per heavy atom. The molecule has 0 fully saturated rings. The average Bonchev–Trinajstić information content (AvgIpc) is 2.64. The summed E-state index contributed by atoms with van der Waals surface area (Å²) in [5.41, 5.74) is 1.95. The van der Waals surface area contributed by atoms with Crippen molar-refractivity contribution in [1.82, 2.24) is 9.96 Å². The molecule has 28 heavy (non-hydrogen) atoms. The second-order valence-corrected chi connectivity index (χ2v) is 6.54. The Labute approximate surface area is 171 Å². The molecule has 2 unspecified atom stereocenters. The number of hydroxylamine groups is 2. The fourth-order valence-corrected chi connectivity index (χ4v) is 2.78. The maximum Gasteiger partial charge on any atom is 0.104 e. The van der Waals surface area contributed by atoms with Gasteiger partial charge in [0.1, 0.15) is 11.9 Å². The first kappa shape index (κ1) is 25.9. The number of hydrogen-bond donors (Lipinski definition) is 0. The average molecular weight is 392 g/mol. The predicted molar refractivity (Wildman–Crippen MR) is 120 cm³/mol. The van der Waals surface area contributed by atoms with E-state index in [2.05, 4.69) is 38.1 Å². The van der Waals surface area contributed by atoms with Crippen LogP contribution in [-0.4, -0.2) is 42.0 Å². The van der Waals surface area contributed by atoms with Gasteiger partial charge in [0.25, 0.3) is 0 Å². The Kier molecular flexibility index (Phi) is 13.7. The molecule has 0 aromatic carbocycles. The van der Waals surface area contributed by atoms with Crippen LogP contribution in [0.3, 0.4) is 0 Å². The molecule has 5 heteroatoms. The number of nitrogens with zero attached hydrogens (tertiary/aromatic N) is 3. The van der Waals surface area contributed by atoms with Gasteiger partial charge in [-0.1, -0.05) is 38.7 Å². The highest BCUT2D eigenvalue weighted by molar-refractivity contribution is 5.59. The van der Waals surface area contributed by atoms with Gasteiger partial charge in [0.15, 0.2) is 0 Å². The minimum atomic E-state index is -0.395. The van der Waals surface area contributed by atoms with Crippen LogP contribution in [0.15, 0.2) is 65.8 Å². The molecular formula is C23H38FN3O. The number of rotatable bonds is 14. The molecule has 0 rings (SSSR count). The van der Waals surface area contributed by atoms with Gasteiger partial charge in [-0.05, 0) is 45.3 Å². The van der Waals surface area contributed by atoms with Crippen LogP contribution in [0.25, 0.3) is 0 Å². The molecule has 158 valence electrons. The largest absolute Gasteiger partial charge is 0.330 e. The van der Waals surface area contributed by atoms with Crippen LogP contribution >= 0.6 is 0 Å². The van der Waals surface area contributed by atoms with Crippen molar-refractivity contribution in [2.24, 2.45) is 4.99 Å². The summed E-state index contributed by atoms with van der Waals surface area (Å²) in [5.74, 6) is -0.214. The van der Waals surface area contributed by atoms with Gasteiger partial charge in [-0.25, -0.2) is 4.39 Å². The van der Waals surface area contributed by atoms with E-state index in [-0.39, 0.29) is 18.3 Å². The number of halogens is 1. The maximum absolute atomic E-state index is 14.8. The van der Waals surface area contributed by atoms with Crippen molar-refractivity contribution in [2.75, 3.05) is 13.6 Å². The van der Waals surface area contributed by atoms with Gasteiger partial charge in [0, 0.05) is 25.4 Å². The molecule has 0 spiro atoms. The standard InChI is InChI=1S/C23H38FN3O/c1-9-13-22(21(7)27(18-25-8)19(5)12-4)17-23(24)16-20(6)28-26(14-10-2)15-11-3/h10-11,13,15-16,18,20-21H,2,5,9,12,14,17H2,1,3-4,6-8H3/b15-11-,22-13+,23-16+,25-18?. The van der Waals surface area contributed by atoms with Gasteiger partial charge in [-0.2, -0.15) is 0 Å². The lowest BCUT2D eigenvalue weighted by molar-refractivity contribution is -0.135. The Morgan fingerprint density at radius 1 is 1.29 bits per heavy atom. The molecule has 0 saturated carbocycles. The van der Waals surface area contributed by atoms with E-state index in [1.54, 1.807) is 30.7 Å². The SMILES string of the molecule is C=CCN(/C=C\C)OC(C)/C=C(/F)C/C(=C\CC)C(C)N(C=NC)C(=C)CC. The molecule has 0 aliphatic heterocycles. The van der Waals surface area contributed by atoms with Gasteiger partial charge < -0.3 is 4.90 Å². The Morgan fingerprint density at radius 3 is 2.46 bits per heavy atom. The third-order valence-corrected chi connectivity index (χ3v) is 4.15. The van der Waals surface area contributed by atoms with Gasteiger partial charge in [0.2, 0.25) is 0 Å². The summed E-state index contributed by atoms with van der Waals surface area (Å²) in [6.45, 7) is 18.2. The van der Waals surface area contributed by atoms with Crippen molar-refractivity contribution in [1.29, 1.82) is 0 Å². The van der Waals surface area contributed by atoms with Crippen molar-refractivity contribution >= 4 is 6.34 Å². The molecule has 0 N–H and O–H groups in total. The highest BCUT2D eigenvalue weighted by Gasteiger charge is 2.19. The third kappa shape index (κ3) is 9.70. The quantitative estimate of drug-likeness (QED) is 0.153. The molecule has 0 saturated heterocycles. The summed E-state index contributed by atoms with van der Waals surface area (Å²) in [5, 5.41) is 1.64. The van der Waals surface area contributed by atoms with E-state index in [1.165, 1.54) is 6.08 Å². The van der Waals surface area contributed by atoms with E-state index in [0.717, 1.165) is 24.1 Å². The van der Waals surface area contributed by atoms with Gasteiger partial charge in [0.05, 0.1) is 18.9 Å². The van der Waals surface area contributed by atoms with Crippen molar-refractivity contribution in [3.05, 3.63) is 60.8 Å². The van der Waals surface area contributed by atoms with E-state index in [4.69, 9.17) is 4.84 Å². The van der Waals surface area contributed by atoms with Crippen molar-refractivity contribution in [3.63, 3.8) is 0 Å². The Hall–Kier alpha value is -2.14. The van der Waals surface area contributed by atoms with Crippen molar-refractivity contribution < 1.29 is 9.23 Å². The van der Waals surface area contributed by atoms with Crippen LogP contribution in [0.5, 0.6) is 0 Å². The zero-order chi connectivity index (χ0) is 21.5. The fourth-order valence-electron chi connectivity index (χ4n) is 2.78. The fraction of sp³-hybridized carbons (Fsp3) is 0.522. The molecule has 2 atom stereocenters. The van der Waals surface area contributed by atoms with E-state index >= 15 is 0 Å². The van der Waals surface area contributed by atoms with Crippen LogP contribution in [0, 0.1) is 0 Å². The zero-order valence-corrected chi connectivity index (χ0v) is 18.5. The van der Waals surface area contributed by atoms with Crippen LogP contribution in [-0.2, 0) is 4.84 Å². The molecule has 0 radical (unpaired) electrons. The lowest BCUT2D eigenvalue weighted by Gasteiger charge is -2.30. The summed E-state index contributed by atoms with van der Waals surface area (Å²) in [6.07, 6.45) is 12.2. The molecule has 0 heterocycles. The van der Waals surface area contributed by atoms with Crippen molar-refractivity contribution in [2.45, 2.75) is 66.0 Å². The topological polar surface area (TPSA) is 28.1 Å². The highest BCUT2D eigenvalue weighted by Crippen LogP contribution is 2.23. The molecule has 0 bridgehead atoms. The normalized spacial score (nSPS) is 15.1. The van der Waals surface area contributed by atoms with Crippen LogP contribution in [0.1, 0.15) is 53.9 Å². The zero-order valence-electron chi connectivity index (χ0n) is 18.5. The van der Waals surface area contributed by atoms with Gasteiger partial charge in [-0.3, -0.25) is 14.9 Å². The molecule has 4 nitrogen and oxygen atoms in total. The summed E-state index contributed by atoms with van der Waals surface area (Å²) in [7, 11) is 1.73. The van der Waals surface area contributed by atoms with Gasteiger partial charge in [-0.15, -0.1) is 6.58 Å². The van der Waals surface area contributed by atoms with E-state index in [1.807, 2.05) is 31.7 Å². The summed E-state index contributed by atoms with van der Waals surface area (Å²) >= 11 is 0. The van der Waals surface area contributed by atoms with Crippen molar-refractivity contribution in [3.8, 4) is 0 Å². The minimum absolute atomic E-state index is 0.0215. The smallest absolute Gasteiger partial charge is 0.104 e. The first-order valence-electron chi connectivity index (χ1n) is 9.95. The third-order valence-electron chi connectivity index (χ3n) is 4.15. The highest BCUT2D eigenvalue weighted by atomic mass is 19.1. The maximum atomic E-state index is 14.8. The monoisotopic (exact) mass is 391 g/mol. The van der Waals surface area contributed by atoms with Gasteiger partial charge >= 0.3 is 0 Å². The van der Waals surface area contributed by atoms with E-state index in [9.17, 15) is 4.39 Å². The molecular weight excluding hydrogens is 353 g/mol. The van der Waals surface area contributed by atoms with Crippen LogP contribution in [0.4, 0.5) is 4.39 Å². The molecule has 0 aliphatic rings. The van der Waals surface area contributed by atoms with Crippen LogP contribution < -0.4 is 0 Å². The van der Waals surface area contributed by atoms with E-state index < -0.39 is 6.10 Å². The second kappa shape index (κ2) is 14.9. The predicted octanol–water partition coefficient (Wildman–Crippen LogP) is 6.18. The lowest BCUT2D eigenvalue weighted by atomic mass is 10.0. The number of aliphatic imine (C=N–C) groups is 1. The Bertz CT molecular complexity index is 593.